The number of hydrogen-bond acceptors (Lipinski definition) is 19. The third kappa shape index (κ3) is 14.0. The van der Waals surface area contributed by atoms with E-state index >= 15 is 0 Å². The van der Waals surface area contributed by atoms with Gasteiger partial charge >= 0.3 is 0 Å². The van der Waals surface area contributed by atoms with E-state index < -0.39 is 0 Å². The van der Waals surface area contributed by atoms with Gasteiger partial charge in [-0.25, -0.2) is 9.97 Å². The van der Waals surface area contributed by atoms with Crippen LogP contribution >= 0.6 is 22.7 Å². The van der Waals surface area contributed by atoms with Crippen LogP contribution in [0.4, 0.5) is 21.6 Å². The number of hydrogen-bond donors (Lipinski definition) is 2. The van der Waals surface area contributed by atoms with Crippen molar-refractivity contribution in [1.29, 1.82) is 0 Å². The zero-order chi connectivity index (χ0) is 56.2. The van der Waals surface area contributed by atoms with Crippen LogP contribution in [-0.2, 0) is 14.3 Å². The van der Waals surface area contributed by atoms with Gasteiger partial charge in [0.2, 0.25) is 11.8 Å². The quantitative estimate of drug-likeness (QED) is 0.0877. The third-order valence-electron chi connectivity index (χ3n) is 17.3. The van der Waals surface area contributed by atoms with E-state index in [0.717, 1.165) is 204 Å². The highest BCUT2D eigenvalue weighted by Gasteiger charge is 2.33. The highest BCUT2D eigenvalue weighted by atomic mass is 32.1. The molecule has 6 saturated heterocycles. The van der Waals surface area contributed by atoms with Gasteiger partial charge in [-0.2, -0.15) is 0 Å². The van der Waals surface area contributed by atoms with Gasteiger partial charge in [-0.3, -0.25) is 29.4 Å². The van der Waals surface area contributed by atoms with E-state index in [0.29, 0.717) is 32.0 Å². The molecule has 6 aliphatic rings. The molecule has 10 heterocycles. The van der Waals surface area contributed by atoms with Crippen molar-refractivity contribution in [2.24, 2.45) is 0 Å². The van der Waals surface area contributed by atoms with Crippen LogP contribution in [0.15, 0.2) is 71.7 Å². The molecule has 82 heavy (non-hydrogen) atoms. The number of nitrogens with zero attached hydrogens (tertiary/aromatic N) is 12. The van der Waals surface area contributed by atoms with Crippen LogP contribution in [0.2, 0.25) is 0 Å². The van der Waals surface area contributed by atoms with E-state index in [2.05, 4.69) is 74.6 Å². The number of benzene rings is 2. The number of fused-ring (bicyclic) bond motifs is 2. The second-order valence-corrected chi connectivity index (χ2v) is 24.1. The molecular weight excluding hydrogens is 1070 g/mol. The van der Waals surface area contributed by atoms with Gasteiger partial charge in [-0.1, -0.05) is 12.1 Å². The predicted octanol–water partition coefficient (Wildman–Crippen LogP) is 7.32. The maximum absolute atomic E-state index is 13.3. The monoisotopic (exact) mass is 1160 g/mol. The lowest BCUT2D eigenvalue weighted by Gasteiger charge is -2.31. The molecule has 12 rings (SSSR count). The van der Waals surface area contributed by atoms with E-state index in [9.17, 15) is 14.7 Å². The van der Waals surface area contributed by atoms with Gasteiger partial charge < -0.3 is 54.0 Å². The lowest BCUT2D eigenvalue weighted by atomic mass is 10.1. The first-order valence-electron chi connectivity index (χ1n) is 30.0. The number of pyridine rings is 2. The minimum absolute atomic E-state index is 0.0293. The topological polar surface area (TPSA) is 172 Å². The Hall–Kier alpha value is -5.94. The highest BCUT2D eigenvalue weighted by molar-refractivity contribution is 7.14. The molecule has 0 bridgehead atoms. The molecular formula is C61H83N13O6S2. The Kier molecular flexibility index (Phi) is 19.8. The number of rotatable bonds is 18. The zero-order valence-corrected chi connectivity index (χ0v) is 49.7. The Morgan fingerprint density at radius 1 is 0.646 bits per heavy atom. The first kappa shape index (κ1) is 57.9. The van der Waals surface area contributed by atoms with Crippen molar-refractivity contribution in [2.75, 3.05) is 165 Å². The number of methoxy groups -OCH3 is 2. The van der Waals surface area contributed by atoms with Gasteiger partial charge in [0.1, 0.15) is 22.9 Å². The van der Waals surface area contributed by atoms with Crippen molar-refractivity contribution >= 4 is 77.9 Å². The first-order valence-corrected chi connectivity index (χ1v) is 31.8. The maximum Gasteiger partial charge on any atom is 0.222 e. The Balaban J connectivity index is 0.000000174. The van der Waals surface area contributed by atoms with Crippen LogP contribution in [0.25, 0.3) is 21.8 Å². The Bertz CT molecular complexity index is 3040. The van der Waals surface area contributed by atoms with Gasteiger partial charge in [-0.15, -0.1) is 22.7 Å². The number of amides is 2. The second-order valence-electron chi connectivity index (χ2n) is 22.5. The molecule has 440 valence electrons. The van der Waals surface area contributed by atoms with Crippen molar-refractivity contribution in [3.63, 3.8) is 0 Å². The minimum atomic E-state index is -0.242. The average molecular weight is 1160 g/mol. The van der Waals surface area contributed by atoms with Crippen LogP contribution in [0.3, 0.4) is 0 Å². The minimum Gasteiger partial charge on any atom is -0.494 e. The van der Waals surface area contributed by atoms with Crippen LogP contribution in [0.1, 0.15) is 87.7 Å². The molecule has 0 radical (unpaired) electrons. The molecule has 0 spiro atoms. The van der Waals surface area contributed by atoms with E-state index in [1.807, 2.05) is 41.6 Å². The van der Waals surface area contributed by atoms with Crippen LogP contribution in [0.5, 0.6) is 11.5 Å². The van der Waals surface area contributed by atoms with Crippen molar-refractivity contribution in [2.45, 2.75) is 82.4 Å². The molecule has 2 unspecified atom stereocenters. The Morgan fingerprint density at radius 2 is 1.22 bits per heavy atom. The summed E-state index contributed by atoms with van der Waals surface area (Å²) in [6, 6.07) is 16.6. The second kappa shape index (κ2) is 28.1. The number of thiazole rings is 2. The molecule has 19 nitrogen and oxygen atoms in total. The third-order valence-corrected chi connectivity index (χ3v) is 19.2. The standard InChI is InChI=1S/C32H43N7O4S.C29H40N6O2S/c1-43-27-8-7-23-5-2-11-34-30(23)31(27)38-15-4-14-36(19-20-38)26(21-28(41)33-12-18-37-13-3-6-29(37)42)25-22-44-32(35-25)39-16-9-24(40)10-17-39;1-36-26-8-7-23-6-4-10-30-27(23)28(26)34-14-5-13-33(16-17-34)25(9-15-32-11-2-3-12-32)24-22-38-29(31-24)35-18-20-37-21-19-35/h2,5,7-8,11,22,24,26,40H,3-4,6,9-10,12-21H2,1H3,(H,33,41);4,6-8,10,22,25H,2-3,5,9,11-21H2,1H3. The van der Waals surface area contributed by atoms with Gasteiger partial charge in [0.15, 0.2) is 10.3 Å². The van der Waals surface area contributed by atoms with E-state index in [1.165, 1.54) is 31.6 Å². The number of carbonyl (C=O) groups is 2. The summed E-state index contributed by atoms with van der Waals surface area (Å²) in [6.45, 7) is 17.7. The maximum atomic E-state index is 13.3. The summed E-state index contributed by atoms with van der Waals surface area (Å²) in [5, 5.41) is 21.8. The SMILES string of the molecule is COc1ccc2cccnc2c1N1CCCN(C(CC(=O)NCCN2CCCC2=O)c2csc(N3CCC(O)CC3)n2)CC1.COc1ccc2cccnc2c1N1CCCN(C(CCN2CCCC2)c2csc(N3CCOCC3)n2)CC1. The fraction of sp³-hybridized carbons (Fsp3) is 0.574. The molecule has 4 aromatic heterocycles. The van der Waals surface area contributed by atoms with Gasteiger partial charge in [0, 0.05) is 151 Å². The van der Waals surface area contributed by atoms with E-state index in [4.69, 9.17) is 34.1 Å². The van der Waals surface area contributed by atoms with Gasteiger partial charge in [0.25, 0.3) is 0 Å². The van der Waals surface area contributed by atoms with Gasteiger partial charge in [0.05, 0.1) is 68.0 Å². The Labute approximate surface area is 491 Å². The van der Waals surface area contributed by atoms with Crippen molar-refractivity contribution < 1.29 is 28.9 Å². The number of anilines is 4. The zero-order valence-electron chi connectivity index (χ0n) is 48.0. The number of nitrogens with one attached hydrogen (secondary N) is 1. The average Bonchev–Trinajstić information content (AvgIpc) is 4.47. The highest BCUT2D eigenvalue weighted by Crippen LogP contribution is 2.40. The summed E-state index contributed by atoms with van der Waals surface area (Å²) in [7, 11) is 3.47. The summed E-state index contributed by atoms with van der Waals surface area (Å²) in [4.78, 5) is 64.1. The summed E-state index contributed by atoms with van der Waals surface area (Å²) < 4.78 is 17.2. The smallest absolute Gasteiger partial charge is 0.222 e. The Morgan fingerprint density at radius 3 is 1.79 bits per heavy atom. The van der Waals surface area contributed by atoms with Crippen molar-refractivity contribution in [3.05, 3.63) is 83.1 Å². The van der Waals surface area contributed by atoms with Crippen molar-refractivity contribution in [1.82, 2.24) is 44.9 Å². The summed E-state index contributed by atoms with van der Waals surface area (Å²) in [6.07, 6.45) is 12.6. The normalized spacial score (nSPS) is 20.0. The number of aliphatic hydroxyl groups excluding tert-OH is 1. The number of aromatic nitrogens is 4. The van der Waals surface area contributed by atoms with Crippen LogP contribution in [0, 0.1) is 0 Å². The molecule has 6 aliphatic heterocycles. The lowest BCUT2D eigenvalue weighted by molar-refractivity contribution is -0.128. The predicted molar refractivity (Wildman–Crippen MR) is 327 cm³/mol. The van der Waals surface area contributed by atoms with Crippen LogP contribution in [-0.4, -0.2) is 208 Å². The molecule has 2 aromatic carbocycles. The molecule has 2 amide bonds. The van der Waals surface area contributed by atoms with Crippen LogP contribution < -0.4 is 34.4 Å². The number of carbonyl (C=O) groups excluding carboxylic acids is 2. The molecule has 0 aliphatic carbocycles. The number of ether oxygens (including phenoxy) is 3. The lowest BCUT2D eigenvalue weighted by Crippen LogP contribution is -2.39. The summed E-state index contributed by atoms with van der Waals surface area (Å²) in [5.74, 6) is 1.86. The molecule has 0 saturated carbocycles. The fourth-order valence-corrected chi connectivity index (χ4v) is 14.7. The first-order chi connectivity index (χ1) is 40.3. The summed E-state index contributed by atoms with van der Waals surface area (Å²) in [5.41, 5.74) is 6.27. The molecule has 6 aromatic rings. The number of morpholine rings is 1. The molecule has 6 fully saturated rings. The summed E-state index contributed by atoms with van der Waals surface area (Å²) >= 11 is 3.42. The number of piperidine rings is 1. The molecule has 21 heteroatoms. The van der Waals surface area contributed by atoms with Crippen molar-refractivity contribution in [3.8, 4) is 11.5 Å². The van der Waals surface area contributed by atoms with E-state index in [1.54, 1.807) is 36.9 Å². The van der Waals surface area contributed by atoms with Gasteiger partial charge in [-0.05, 0) is 101 Å². The number of aliphatic hydroxyl groups is 1. The largest absolute Gasteiger partial charge is 0.494 e. The number of likely N-dealkylation sites (tertiary alicyclic amines) is 2. The fourth-order valence-electron chi connectivity index (χ4n) is 12.8. The molecule has 2 atom stereocenters. The van der Waals surface area contributed by atoms with E-state index in [-0.39, 0.29) is 24.0 Å². The molecule has 2 N–H and O–H groups in total.